The minimum absolute atomic E-state index is 0.147. The summed E-state index contributed by atoms with van der Waals surface area (Å²) >= 11 is 0. The van der Waals surface area contributed by atoms with Crippen molar-refractivity contribution in [2.24, 2.45) is 5.41 Å². The first-order chi connectivity index (χ1) is 10.4. The molecule has 0 saturated heterocycles. The Balaban J connectivity index is 2.19. The summed E-state index contributed by atoms with van der Waals surface area (Å²) in [5.41, 5.74) is 2.43. The second-order valence-corrected chi connectivity index (χ2v) is 7.23. The van der Waals surface area contributed by atoms with Crippen molar-refractivity contribution in [2.75, 3.05) is 0 Å². The molecule has 1 aliphatic heterocycles. The van der Waals surface area contributed by atoms with Gasteiger partial charge in [-0.15, -0.1) is 0 Å². The highest BCUT2D eigenvalue weighted by atomic mass is 16.5. The molecule has 1 aliphatic rings. The van der Waals surface area contributed by atoms with Crippen molar-refractivity contribution < 1.29 is 4.74 Å². The highest BCUT2D eigenvalue weighted by Gasteiger charge is 2.59. The van der Waals surface area contributed by atoms with E-state index in [4.69, 9.17) is 0 Å². The van der Waals surface area contributed by atoms with E-state index in [1.165, 1.54) is 10.3 Å². The van der Waals surface area contributed by atoms with Crippen LogP contribution in [0.1, 0.15) is 44.7 Å². The van der Waals surface area contributed by atoms with Crippen LogP contribution in [0.5, 0.6) is 0 Å². The molecule has 1 heterocycles. The molecule has 0 radical (unpaired) electrons. The topological polar surface area (TPSA) is 26.1 Å². The molecular weight excluding hydrogens is 270 g/mol. The fraction of sp³-hybridized carbons (Fsp3) is 0.350. The van der Waals surface area contributed by atoms with Gasteiger partial charge in [-0.25, -0.2) is 4.74 Å². The summed E-state index contributed by atoms with van der Waals surface area (Å²) < 4.78 is 1.24. The Kier molecular flexibility index (Phi) is 3.36. The van der Waals surface area contributed by atoms with Gasteiger partial charge in [0.1, 0.15) is 0 Å². The summed E-state index contributed by atoms with van der Waals surface area (Å²) in [5.74, 6) is 0.147. The molecule has 0 aromatic heterocycles. The minimum Gasteiger partial charge on any atom is -0.623 e. The first kappa shape index (κ1) is 14.8. The summed E-state index contributed by atoms with van der Waals surface area (Å²) in [4.78, 5) is 0. The summed E-state index contributed by atoms with van der Waals surface area (Å²) in [7, 11) is 0. The number of nitrogens with zero attached hydrogens (tertiary/aromatic N) is 1. The normalized spacial score (nSPS) is 22.8. The zero-order valence-corrected chi connectivity index (χ0v) is 13.7. The highest BCUT2D eigenvalue weighted by molar-refractivity contribution is 6.02. The maximum absolute atomic E-state index is 13.1. The Labute approximate surface area is 132 Å². The van der Waals surface area contributed by atoms with Crippen molar-refractivity contribution in [1.82, 2.24) is 0 Å². The van der Waals surface area contributed by atoms with Crippen molar-refractivity contribution in [3.8, 4) is 0 Å². The third-order valence-electron chi connectivity index (χ3n) is 4.95. The number of benzene rings is 2. The molecule has 0 bridgehead atoms. The van der Waals surface area contributed by atoms with Crippen LogP contribution in [-0.4, -0.2) is 16.0 Å². The Bertz CT molecular complexity index is 699. The van der Waals surface area contributed by atoms with Gasteiger partial charge >= 0.3 is 0 Å². The molecule has 0 saturated carbocycles. The lowest BCUT2D eigenvalue weighted by molar-refractivity contribution is -0.534. The molecule has 2 heteroatoms. The second-order valence-electron chi connectivity index (χ2n) is 7.23. The minimum atomic E-state index is -0.476. The molecule has 0 spiro atoms. The van der Waals surface area contributed by atoms with E-state index < -0.39 is 5.54 Å². The molecular formula is C20H23NO. The van der Waals surface area contributed by atoms with E-state index >= 15 is 0 Å². The first-order valence-electron chi connectivity index (χ1n) is 7.82. The van der Waals surface area contributed by atoms with E-state index in [1.54, 1.807) is 0 Å². The van der Waals surface area contributed by atoms with Gasteiger partial charge in [0.2, 0.25) is 5.71 Å². The van der Waals surface area contributed by atoms with Gasteiger partial charge in [-0.3, -0.25) is 0 Å². The van der Waals surface area contributed by atoms with Crippen LogP contribution >= 0.6 is 0 Å². The van der Waals surface area contributed by atoms with Crippen LogP contribution in [0.4, 0.5) is 0 Å². The quantitative estimate of drug-likeness (QED) is 0.587. The molecule has 0 fully saturated rings. The molecule has 2 aromatic carbocycles. The van der Waals surface area contributed by atoms with E-state index in [0.717, 1.165) is 11.3 Å². The highest BCUT2D eigenvalue weighted by Crippen LogP contribution is 2.51. The number of hydrogen-bond acceptors (Lipinski definition) is 1. The fourth-order valence-corrected chi connectivity index (χ4v) is 4.24. The van der Waals surface area contributed by atoms with E-state index in [1.807, 2.05) is 36.4 Å². The SMILES string of the molecule is CC1(C)C(c2ccccc2)=[N+]([O-])C(C)(C)[C@@H]1c1ccccc1. The van der Waals surface area contributed by atoms with E-state index in [2.05, 4.69) is 52.0 Å². The van der Waals surface area contributed by atoms with E-state index in [9.17, 15) is 5.21 Å². The van der Waals surface area contributed by atoms with E-state index in [-0.39, 0.29) is 11.3 Å². The van der Waals surface area contributed by atoms with Crippen LogP contribution in [-0.2, 0) is 0 Å². The molecule has 0 unspecified atom stereocenters. The van der Waals surface area contributed by atoms with Gasteiger partial charge in [0, 0.05) is 19.4 Å². The van der Waals surface area contributed by atoms with Crippen LogP contribution in [0.3, 0.4) is 0 Å². The van der Waals surface area contributed by atoms with Crippen molar-refractivity contribution in [3.63, 3.8) is 0 Å². The molecule has 3 rings (SSSR count). The van der Waals surface area contributed by atoms with Crippen LogP contribution in [0.15, 0.2) is 60.7 Å². The van der Waals surface area contributed by atoms with Gasteiger partial charge in [-0.05, 0) is 31.5 Å². The molecule has 2 aromatic rings. The molecule has 0 N–H and O–H groups in total. The number of hydrogen-bond donors (Lipinski definition) is 0. The van der Waals surface area contributed by atoms with Gasteiger partial charge in [-0.1, -0.05) is 48.5 Å². The predicted molar refractivity (Wildman–Crippen MR) is 91.2 cm³/mol. The van der Waals surface area contributed by atoms with Gasteiger partial charge in [0.05, 0.1) is 11.3 Å². The van der Waals surface area contributed by atoms with Crippen molar-refractivity contribution >= 4 is 5.71 Å². The lowest BCUT2D eigenvalue weighted by Gasteiger charge is -2.32. The van der Waals surface area contributed by atoms with Crippen molar-refractivity contribution in [3.05, 3.63) is 77.0 Å². The molecule has 0 aliphatic carbocycles. The average molecular weight is 293 g/mol. The summed E-state index contributed by atoms with van der Waals surface area (Å²) in [6.07, 6.45) is 0. The van der Waals surface area contributed by atoms with Gasteiger partial charge < -0.3 is 5.21 Å². The lowest BCUT2D eigenvalue weighted by atomic mass is 9.66. The van der Waals surface area contributed by atoms with Crippen molar-refractivity contribution in [1.29, 1.82) is 0 Å². The van der Waals surface area contributed by atoms with Gasteiger partial charge in [-0.2, -0.15) is 0 Å². The zero-order chi connectivity index (χ0) is 16.0. The predicted octanol–water partition coefficient (Wildman–Crippen LogP) is 4.59. The Morgan fingerprint density at radius 2 is 1.32 bits per heavy atom. The number of hydroxylamine groups is 1. The largest absolute Gasteiger partial charge is 0.623 e. The maximum atomic E-state index is 13.1. The van der Waals surface area contributed by atoms with Crippen molar-refractivity contribution in [2.45, 2.75) is 39.2 Å². The summed E-state index contributed by atoms with van der Waals surface area (Å²) in [5, 5.41) is 13.1. The molecule has 0 amide bonds. The van der Waals surface area contributed by atoms with Crippen LogP contribution in [0.25, 0.3) is 0 Å². The Morgan fingerprint density at radius 3 is 1.86 bits per heavy atom. The second kappa shape index (κ2) is 4.98. The first-order valence-corrected chi connectivity index (χ1v) is 7.82. The van der Waals surface area contributed by atoms with E-state index in [0.29, 0.717) is 0 Å². The van der Waals surface area contributed by atoms with Gasteiger partial charge in [0.15, 0.2) is 5.54 Å². The molecule has 2 nitrogen and oxygen atoms in total. The molecule has 1 atom stereocenters. The van der Waals surface area contributed by atoms with Gasteiger partial charge in [0.25, 0.3) is 0 Å². The Hall–Kier alpha value is -2.09. The smallest absolute Gasteiger partial charge is 0.201 e. The number of rotatable bonds is 2. The van der Waals surface area contributed by atoms with Crippen LogP contribution in [0, 0.1) is 10.6 Å². The summed E-state index contributed by atoms with van der Waals surface area (Å²) in [6.45, 7) is 8.48. The molecule has 114 valence electrons. The summed E-state index contributed by atoms with van der Waals surface area (Å²) in [6, 6.07) is 20.4. The van der Waals surface area contributed by atoms with Crippen LogP contribution in [0.2, 0.25) is 0 Å². The lowest BCUT2D eigenvalue weighted by Crippen LogP contribution is -2.37. The third-order valence-corrected chi connectivity index (χ3v) is 4.95. The zero-order valence-electron chi connectivity index (χ0n) is 13.7. The monoisotopic (exact) mass is 293 g/mol. The fourth-order valence-electron chi connectivity index (χ4n) is 4.24. The maximum Gasteiger partial charge on any atom is 0.201 e. The standard InChI is InChI=1S/C20H23NO/c1-19(2)17(15-11-7-5-8-12-15)20(3,4)21(22)18(19)16-13-9-6-10-14-16/h5-14,17H,1-4H3/t17-/m1/s1. The Morgan fingerprint density at radius 1 is 0.818 bits per heavy atom. The third kappa shape index (κ3) is 2.06. The van der Waals surface area contributed by atoms with Crippen LogP contribution < -0.4 is 0 Å². The average Bonchev–Trinajstić information content (AvgIpc) is 2.62. The molecule has 22 heavy (non-hydrogen) atoms.